The topological polar surface area (TPSA) is 68.5 Å². The van der Waals surface area contributed by atoms with Crippen molar-refractivity contribution in [2.75, 3.05) is 6.61 Å². The smallest absolute Gasteiger partial charge is 0.257 e. The highest BCUT2D eigenvalue weighted by Crippen LogP contribution is 2.34. The maximum atomic E-state index is 13.1. The SMILES string of the molecule is O=C(NC1CCOc2ccc(Br)cc21)c1cnn2c(-c3ccccc3)ccnc12. The van der Waals surface area contributed by atoms with Crippen molar-refractivity contribution in [3.05, 3.63) is 82.6 Å². The molecule has 0 spiro atoms. The minimum absolute atomic E-state index is 0.129. The van der Waals surface area contributed by atoms with E-state index in [1.165, 1.54) is 0 Å². The highest BCUT2D eigenvalue weighted by atomic mass is 79.9. The average Bonchev–Trinajstić information content (AvgIpc) is 3.19. The van der Waals surface area contributed by atoms with Crippen molar-refractivity contribution in [1.82, 2.24) is 19.9 Å². The van der Waals surface area contributed by atoms with E-state index in [-0.39, 0.29) is 11.9 Å². The number of benzene rings is 2. The molecule has 5 rings (SSSR count). The number of nitrogens with one attached hydrogen (secondary N) is 1. The summed E-state index contributed by atoms with van der Waals surface area (Å²) in [6.45, 7) is 0.560. The minimum Gasteiger partial charge on any atom is -0.493 e. The lowest BCUT2D eigenvalue weighted by Gasteiger charge is -2.26. The molecule has 2 aromatic carbocycles. The van der Waals surface area contributed by atoms with Gasteiger partial charge in [-0.25, -0.2) is 9.50 Å². The summed E-state index contributed by atoms with van der Waals surface area (Å²) in [6, 6.07) is 17.5. The average molecular weight is 449 g/mol. The van der Waals surface area contributed by atoms with Crippen LogP contribution < -0.4 is 10.1 Å². The Morgan fingerprint density at radius 3 is 2.90 bits per heavy atom. The summed E-state index contributed by atoms with van der Waals surface area (Å²) in [4.78, 5) is 17.5. The summed E-state index contributed by atoms with van der Waals surface area (Å²) in [5.41, 5.74) is 3.85. The molecule has 1 unspecified atom stereocenters. The van der Waals surface area contributed by atoms with Crippen LogP contribution >= 0.6 is 15.9 Å². The molecule has 7 heteroatoms. The van der Waals surface area contributed by atoms with Crippen molar-refractivity contribution in [3.8, 4) is 17.0 Å². The first kappa shape index (κ1) is 17.9. The molecular weight excluding hydrogens is 432 g/mol. The number of ether oxygens (including phenoxy) is 1. The standard InChI is InChI=1S/C22H17BrN4O2/c23-15-6-7-20-16(12-15)18(9-11-29-20)26-22(28)17-13-25-27-19(8-10-24-21(17)27)14-4-2-1-3-5-14/h1-8,10,12-13,18H,9,11H2,(H,26,28). The molecule has 1 amide bonds. The van der Waals surface area contributed by atoms with Gasteiger partial charge in [-0.1, -0.05) is 46.3 Å². The van der Waals surface area contributed by atoms with E-state index in [0.29, 0.717) is 24.2 Å². The first-order chi connectivity index (χ1) is 14.2. The molecule has 1 atom stereocenters. The number of nitrogens with zero attached hydrogens (tertiary/aromatic N) is 3. The van der Waals surface area contributed by atoms with Crippen molar-refractivity contribution >= 4 is 27.5 Å². The molecule has 0 aliphatic carbocycles. The first-order valence-electron chi connectivity index (χ1n) is 9.32. The number of fused-ring (bicyclic) bond motifs is 2. The van der Waals surface area contributed by atoms with E-state index in [2.05, 4.69) is 31.3 Å². The maximum Gasteiger partial charge on any atom is 0.257 e. The minimum atomic E-state index is -0.199. The molecule has 2 aromatic heterocycles. The third-order valence-corrected chi connectivity index (χ3v) is 5.53. The van der Waals surface area contributed by atoms with Gasteiger partial charge >= 0.3 is 0 Å². The summed E-state index contributed by atoms with van der Waals surface area (Å²) in [7, 11) is 0. The summed E-state index contributed by atoms with van der Waals surface area (Å²) in [5.74, 6) is 0.602. The maximum absolute atomic E-state index is 13.1. The van der Waals surface area contributed by atoms with Crippen LogP contribution in [0, 0.1) is 0 Å². The van der Waals surface area contributed by atoms with Crippen LogP contribution in [0.5, 0.6) is 5.75 Å². The lowest BCUT2D eigenvalue weighted by Crippen LogP contribution is -2.32. The molecule has 144 valence electrons. The second kappa shape index (κ2) is 7.33. The molecule has 0 saturated heterocycles. The van der Waals surface area contributed by atoms with Crippen molar-refractivity contribution in [3.63, 3.8) is 0 Å². The second-order valence-electron chi connectivity index (χ2n) is 6.84. The Bertz CT molecular complexity index is 1210. The van der Waals surface area contributed by atoms with Crippen LogP contribution in [0.2, 0.25) is 0 Å². The van der Waals surface area contributed by atoms with Crippen LogP contribution in [0.1, 0.15) is 28.4 Å². The molecule has 29 heavy (non-hydrogen) atoms. The summed E-state index contributed by atoms with van der Waals surface area (Å²) in [5, 5.41) is 7.55. The van der Waals surface area contributed by atoms with E-state index < -0.39 is 0 Å². The number of carbonyl (C=O) groups is 1. The predicted molar refractivity (Wildman–Crippen MR) is 113 cm³/mol. The molecule has 6 nitrogen and oxygen atoms in total. The summed E-state index contributed by atoms with van der Waals surface area (Å²) in [6.07, 6.45) is 3.99. The van der Waals surface area contributed by atoms with Crippen LogP contribution in [-0.4, -0.2) is 27.1 Å². The van der Waals surface area contributed by atoms with Gasteiger partial charge in [0.15, 0.2) is 5.65 Å². The zero-order valence-corrected chi connectivity index (χ0v) is 17.0. The Morgan fingerprint density at radius 2 is 2.03 bits per heavy atom. The normalized spacial score (nSPS) is 15.6. The quantitative estimate of drug-likeness (QED) is 0.503. The lowest BCUT2D eigenvalue weighted by atomic mass is 10.0. The fraction of sp³-hybridized carbons (Fsp3) is 0.136. The van der Waals surface area contributed by atoms with Crippen LogP contribution in [-0.2, 0) is 0 Å². The van der Waals surface area contributed by atoms with Crippen molar-refractivity contribution < 1.29 is 9.53 Å². The highest BCUT2D eigenvalue weighted by Gasteiger charge is 2.25. The Balaban J connectivity index is 1.48. The second-order valence-corrected chi connectivity index (χ2v) is 7.75. The Hall–Kier alpha value is -3.19. The molecule has 4 aromatic rings. The van der Waals surface area contributed by atoms with Crippen LogP contribution in [0.15, 0.2) is 71.5 Å². The fourth-order valence-corrected chi connectivity index (χ4v) is 4.01. The summed E-state index contributed by atoms with van der Waals surface area (Å²) >= 11 is 3.49. The van der Waals surface area contributed by atoms with E-state index in [1.54, 1.807) is 16.9 Å². The molecule has 1 aliphatic rings. The van der Waals surface area contributed by atoms with E-state index in [4.69, 9.17) is 4.74 Å². The van der Waals surface area contributed by atoms with Crippen molar-refractivity contribution in [1.29, 1.82) is 0 Å². The fourth-order valence-electron chi connectivity index (χ4n) is 3.63. The Labute approximate surface area is 175 Å². The monoisotopic (exact) mass is 448 g/mol. The van der Waals surface area contributed by atoms with E-state index >= 15 is 0 Å². The number of amides is 1. The Kier molecular flexibility index (Phi) is 4.52. The largest absolute Gasteiger partial charge is 0.493 e. The molecule has 1 aliphatic heterocycles. The van der Waals surface area contributed by atoms with Crippen molar-refractivity contribution in [2.45, 2.75) is 12.5 Å². The number of hydrogen-bond donors (Lipinski definition) is 1. The van der Waals surface area contributed by atoms with Gasteiger partial charge in [0.25, 0.3) is 5.91 Å². The van der Waals surface area contributed by atoms with Gasteiger partial charge in [-0.05, 0) is 24.3 Å². The number of hydrogen-bond acceptors (Lipinski definition) is 4. The predicted octanol–water partition coefficient (Wildman–Crippen LogP) is 4.41. The van der Waals surface area contributed by atoms with Gasteiger partial charge in [0, 0.05) is 28.2 Å². The third-order valence-electron chi connectivity index (χ3n) is 5.03. The molecule has 1 N–H and O–H groups in total. The van der Waals surface area contributed by atoms with Gasteiger partial charge in [0.2, 0.25) is 0 Å². The van der Waals surface area contributed by atoms with Gasteiger partial charge in [-0.15, -0.1) is 0 Å². The van der Waals surface area contributed by atoms with Gasteiger partial charge in [-0.3, -0.25) is 4.79 Å². The number of aromatic nitrogens is 3. The van der Waals surface area contributed by atoms with Gasteiger partial charge in [-0.2, -0.15) is 5.10 Å². The summed E-state index contributed by atoms with van der Waals surface area (Å²) < 4.78 is 8.37. The zero-order valence-electron chi connectivity index (χ0n) is 15.4. The Morgan fingerprint density at radius 1 is 1.17 bits per heavy atom. The van der Waals surface area contributed by atoms with Crippen LogP contribution in [0.25, 0.3) is 16.9 Å². The molecule has 3 heterocycles. The van der Waals surface area contributed by atoms with Crippen LogP contribution in [0.3, 0.4) is 0 Å². The molecule has 0 bridgehead atoms. The first-order valence-corrected chi connectivity index (χ1v) is 10.1. The van der Waals surface area contributed by atoms with E-state index in [1.807, 2.05) is 54.6 Å². The lowest BCUT2D eigenvalue weighted by molar-refractivity contribution is 0.0926. The number of halogens is 1. The van der Waals surface area contributed by atoms with Gasteiger partial charge in [0.1, 0.15) is 11.3 Å². The molecule has 0 fully saturated rings. The van der Waals surface area contributed by atoms with Gasteiger partial charge < -0.3 is 10.1 Å². The molecule has 0 saturated carbocycles. The van der Waals surface area contributed by atoms with E-state index in [9.17, 15) is 4.79 Å². The highest BCUT2D eigenvalue weighted by molar-refractivity contribution is 9.10. The van der Waals surface area contributed by atoms with Crippen molar-refractivity contribution in [2.24, 2.45) is 0 Å². The number of carbonyl (C=O) groups excluding carboxylic acids is 1. The van der Waals surface area contributed by atoms with E-state index in [0.717, 1.165) is 27.0 Å². The zero-order chi connectivity index (χ0) is 19.8. The van der Waals surface area contributed by atoms with Gasteiger partial charge in [0.05, 0.1) is 24.5 Å². The molecular formula is C22H17BrN4O2. The number of rotatable bonds is 3. The molecule has 0 radical (unpaired) electrons. The van der Waals surface area contributed by atoms with Crippen LogP contribution in [0.4, 0.5) is 0 Å². The third kappa shape index (κ3) is 3.27.